The van der Waals surface area contributed by atoms with Crippen LogP contribution < -0.4 is 10.2 Å². The van der Waals surface area contributed by atoms with Crippen LogP contribution in [-0.2, 0) is 4.79 Å². The number of carbonyl (C=O) groups is 2. The molecule has 0 saturated carbocycles. The first-order valence-electron chi connectivity index (χ1n) is 8.24. The standard InChI is InChI=1S/C21H17N3O3/c1-15(25)27-20-8-6-18(7-9-20)17-4-2-16(3-5-17)14-23-24-21(26)19-10-12-22-13-11-19/h2-14H,1H3,(H,24,26)/b23-14+. The van der Waals surface area contributed by atoms with Crippen molar-refractivity contribution >= 4 is 18.1 Å². The quantitative estimate of drug-likeness (QED) is 0.327. The smallest absolute Gasteiger partial charge is 0.308 e. The van der Waals surface area contributed by atoms with Gasteiger partial charge in [-0.15, -0.1) is 0 Å². The molecule has 2 aromatic carbocycles. The summed E-state index contributed by atoms with van der Waals surface area (Å²) in [5.74, 6) is -0.125. The first-order chi connectivity index (χ1) is 13.1. The van der Waals surface area contributed by atoms with Crippen LogP contribution in [0.2, 0.25) is 0 Å². The van der Waals surface area contributed by atoms with Gasteiger partial charge in [0.2, 0.25) is 0 Å². The second-order valence-electron chi connectivity index (χ2n) is 5.68. The molecule has 0 unspecified atom stereocenters. The number of nitrogens with zero attached hydrogens (tertiary/aromatic N) is 2. The van der Waals surface area contributed by atoms with Gasteiger partial charge in [0.15, 0.2) is 0 Å². The highest BCUT2D eigenvalue weighted by Crippen LogP contribution is 2.22. The predicted molar refractivity (Wildman–Crippen MR) is 102 cm³/mol. The number of ether oxygens (including phenoxy) is 1. The van der Waals surface area contributed by atoms with Crippen molar-refractivity contribution in [1.82, 2.24) is 10.4 Å². The van der Waals surface area contributed by atoms with Crippen LogP contribution >= 0.6 is 0 Å². The number of hydrogen-bond acceptors (Lipinski definition) is 5. The molecule has 0 bridgehead atoms. The summed E-state index contributed by atoms with van der Waals surface area (Å²) in [6, 6.07) is 18.2. The van der Waals surface area contributed by atoms with Crippen LogP contribution in [0.5, 0.6) is 5.75 Å². The first-order valence-corrected chi connectivity index (χ1v) is 8.24. The van der Waals surface area contributed by atoms with Crippen molar-refractivity contribution in [3.8, 4) is 16.9 Å². The lowest BCUT2D eigenvalue weighted by atomic mass is 10.0. The number of rotatable bonds is 5. The van der Waals surface area contributed by atoms with Crippen molar-refractivity contribution < 1.29 is 14.3 Å². The summed E-state index contributed by atoms with van der Waals surface area (Å²) < 4.78 is 5.03. The summed E-state index contributed by atoms with van der Waals surface area (Å²) >= 11 is 0. The number of pyridine rings is 1. The Morgan fingerprint density at radius 3 is 2.11 bits per heavy atom. The minimum absolute atomic E-state index is 0.293. The average Bonchev–Trinajstić information content (AvgIpc) is 2.69. The Labute approximate surface area is 156 Å². The Kier molecular flexibility index (Phi) is 5.69. The van der Waals surface area contributed by atoms with Gasteiger partial charge in [-0.3, -0.25) is 14.6 Å². The molecule has 0 radical (unpaired) electrons. The molecule has 0 aliphatic heterocycles. The third-order valence-electron chi connectivity index (χ3n) is 3.68. The largest absolute Gasteiger partial charge is 0.427 e. The summed E-state index contributed by atoms with van der Waals surface area (Å²) in [7, 11) is 0. The SMILES string of the molecule is CC(=O)Oc1ccc(-c2ccc(/C=N/NC(=O)c3ccncc3)cc2)cc1. The van der Waals surface area contributed by atoms with E-state index in [0.29, 0.717) is 11.3 Å². The Hall–Kier alpha value is -3.80. The molecule has 1 N–H and O–H groups in total. The lowest BCUT2D eigenvalue weighted by Gasteiger charge is -2.05. The van der Waals surface area contributed by atoms with E-state index in [-0.39, 0.29) is 11.9 Å². The van der Waals surface area contributed by atoms with E-state index >= 15 is 0 Å². The van der Waals surface area contributed by atoms with Crippen molar-refractivity contribution in [3.05, 3.63) is 84.2 Å². The second kappa shape index (κ2) is 8.53. The van der Waals surface area contributed by atoms with Crippen LogP contribution in [0.4, 0.5) is 0 Å². The molecular weight excluding hydrogens is 342 g/mol. The van der Waals surface area contributed by atoms with Crippen molar-refractivity contribution in [2.24, 2.45) is 5.10 Å². The molecular formula is C21H17N3O3. The van der Waals surface area contributed by atoms with Gasteiger partial charge in [0.1, 0.15) is 5.75 Å². The fourth-order valence-corrected chi connectivity index (χ4v) is 2.38. The third kappa shape index (κ3) is 5.09. The molecule has 0 spiro atoms. The molecule has 3 aromatic rings. The zero-order valence-corrected chi connectivity index (χ0v) is 14.6. The van der Waals surface area contributed by atoms with Gasteiger partial charge >= 0.3 is 5.97 Å². The maximum Gasteiger partial charge on any atom is 0.308 e. The summed E-state index contributed by atoms with van der Waals surface area (Å²) in [6.45, 7) is 1.37. The lowest BCUT2D eigenvalue weighted by Crippen LogP contribution is -2.17. The molecule has 6 heteroatoms. The van der Waals surface area contributed by atoms with Crippen LogP contribution in [0.1, 0.15) is 22.8 Å². The molecule has 6 nitrogen and oxygen atoms in total. The Balaban J connectivity index is 1.61. The van der Waals surface area contributed by atoms with E-state index in [2.05, 4.69) is 15.5 Å². The zero-order valence-electron chi connectivity index (χ0n) is 14.6. The number of esters is 1. The first kappa shape index (κ1) is 18.0. The van der Waals surface area contributed by atoms with E-state index < -0.39 is 0 Å². The molecule has 1 amide bonds. The van der Waals surface area contributed by atoms with Gasteiger partial charge in [0.25, 0.3) is 5.91 Å². The molecule has 0 aliphatic rings. The summed E-state index contributed by atoms with van der Waals surface area (Å²) in [6.07, 6.45) is 4.68. The van der Waals surface area contributed by atoms with Gasteiger partial charge in [-0.05, 0) is 41.0 Å². The normalized spacial score (nSPS) is 10.6. The predicted octanol–water partition coefficient (Wildman–Crippen LogP) is 3.44. The Bertz CT molecular complexity index is 950. The van der Waals surface area contributed by atoms with E-state index in [4.69, 9.17) is 4.74 Å². The van der Waals surface area contributed by atoms with Crippen molar-refractivity contribution in [1.29, 1.82) is 0 Å². The van der Waals surface area contributed by atoms with Gasteiger partial charge in [-0.2, -0.15) is 5.10 Å². The van der Waals surface area contributed by atoms with E-state index in [1.165, 1.54) is 6.92 Å². The van der Waals surface area contributed by atoms with Crippen LogP contribution in [-0.4, -0.2) is 23.1 Å². The highest BCUT2D eigenvalue weighted by Gasteiger charge is 2.03. The number of hydrazone groups is 1. The van der Waals surface area contributed by atoms with E-state index in [9.17, 15) is 9.59 Å². The maximum atomic E-state index is 11.9. The number of benzene rings is 2. The van der Waals surface area contributed by atoms with Gasteiger partial charge in [-0.1, -0.05) is 36.4 Å². The summed E-state index contributed by atoms with van der Waals surface area (Å²) in [5, 5.41) is 3.97. The molecule has 1 aromatic heterocycles. The summed E-state index contributed by atoms with van der Waals surface area (Å²) in [5.41, 5.74) is 5.84. The number of aromatic nitrogens is 1. The van der Waals surface area contributed by atoms with Crippen molar-refractivity contribution in [2.75, 3.05) is 0 Å². The minimum Gasteiger partial charge on any atom is -0.427 e. The van der Waals surface area contributed by atoms with Crippen molar-refractivity contribution in [3.63, 3.8) is 0 Å². The van der Waals surface area contributed by atoms with Gasteiger partial charge in [0.05, 0.1) is 6.21 Å². The fourth-order valence-electron chi connectivity index (χ4n) is 2.38. The third-order valence-corrected chi connectivity index (χ3v) is 3.68. The molecule has 0 aliphatic carbocycles. The average molecular weight is 359 g/mol. The lowest BCUT2D eigenvalue weighted by molar-refractivity contribution is -0.131. The fraction of sp³-hybridized carbons (Fsp3) is 0.0476. The molecule has 0 saturated heterocycles. The number of carbonyl (C=O) groups excluding carboxylic acids is 2. The molecule has 3 rings (SSSR count). The number of amides is 1. The van der Waals surface area contributed by atoms with Gasteiger partial charge in [0, 0.05) is 24.9 Å². The highest BCUT2D eigenvalue weighted by molar-refractivity contribution is 5.94. The maximum absolute atomic E-state index is 11.9. The molecule has 134 valence electrons. The summed E-state index contributed by atoms with van der Waals surface area (Å²) in [4.78, 5) is 26.7. The van der Waals surface area contributed by atoms with Crippen LogP contribution in [0.15, 0.2) is 78.2 Å². The van der Waals surface area contributed by atoms with E-state index in [0.717, 1.165) is 16.7 Å². The second-order valence-corrected chi connectivity index (χ2v) is 5.68. The minimum atomic E-state index is -0.345. The Morgan fingerprint density at radius 2 is 1.52 bits per heavy atom. The van der Waals surface area contributed by atoms with Crippen LogP contribution in [0, 0.1) is 0 Å². The Morgan fingerprint density at radius 1 is 0.926 bits per heavy atom. The van der Waals surface area contributed by atoms with E-state index in [1.54, 1.807) is 42.9 Å². The van der Waals surface area contributed by atoms with Crippen LogP contribution in [0.25, 0.3) is 11.1 Å². The number of hydrogen-bond donors (Lipinski definition) is 1. The highest BCUT2D eigenvalue weighted by atomic mass is 16.5. The monoisotopic (exact) mass is 359 g/mol. The number of nitrogens with one attached hydrogen (secondary N) is 1. The molecule has 0 fully saturated rings. The topological polar surface area (TPSA) is 80.6 Å². The molecule has 27 heavy (non-hydrogen) atoms. The van der Waals surface area contributed by atoms with Gasteiger partial charge in [-0.25, -0.2) is 5.43 Å². The van der Waals surface area contributed by atoms with Crippen LogP contribution in [0.3, 0.4) is 0 Å². The van der Waals surface area contributed by atoms with Crippen molar-refractivity contribution in [2.45, 2.75) is 6.92 Å². The van der Waals surface area contributed by atoms with Gasteiger partial charge < -0.3 is 4.74 Å². The van der Waals surface area contributed by atoms with E-state index in [1.807, 2.05) is 36.4 Å². The molecule has 0 atom stereocenters. The molecule has 1 heterocycles. The zero-order chi connectivity index (χ0) is 19.1.